The maximum atomic E-state index is 10.8. The molecule has 0 spiro atoms. The number of alkyl halides is 2. The van der Waals surface area contributed by atoms with E-state index in [2.05, 4.69) is 0 Å². The average molecular weight is 394 g/mol. The minimum Gasteiger partial charge on any atom is -0.479 e. The molecule has 2 rings (SSSR count). The lowest BCUT2D eigenvalue weighted by atomic mass is 10.0. The highest BCUT2D eigenvalue weighted by atomic mass is 35.5. The van der Waals surface area contributed by atoms with Crippen LogP contribution in [0.4, 0.5) is 0 Å². The van der Waals surface area contributed by atoms with Gasteiger partial charge < -0.3 is 9.84 Å². The Bertz CT molecular complexity index is 531. The van der Waals surface area contributed by atoms with Crippen LogP contribution < -0.4 is 0 Å². The number of benzene rings is 1. The maximum absolute atomic E-state index is 10.8. The number of aliphatic carboxylic acids is 1. The summed E-state index contributed by atoms with van der Waals surface area (Å²) in [5.74, 6) is -1.16. The number of hydrogen-bond donors (Lipinski definition) is 1. The first-order chi connectivity index (χ1) is 11.4. The fraction of sp³-hybridized carbons (Fsp3) is 0.611. The summed E-state index contributed by atoms with van der Waals surface area (Å²) in [4.78, 5) is 10.8. The molecule has 6 heteroatoms. The van der Waals surface area contributed by atoms with E-state index in [-0.39, 0.29) is 6.10 Å². The van der Waals surface area contributed by atoms with Crippen molar-refractivity contribution in [2.45, 2.75) is 67.9 Å². The lowest BCUT2D eigenvalue weighted by molar-refractivity contribution is -0.138. The molecule has 1 aromatic carbocycles. The van der Waals surface area contributed by atoms with E-state index >= 15 is 0 Å². The third-order valence-electron chi connectivity index (χ3n) is 4.32. The van der Waals surface area contributed by atoms with Crippen molar-refractivity contribution in [2.75, 3.05) is 0 Å². The molecular weight excluding hydrogens is 371 g/mol. The lowest BCUT2D eigenvalue weighted by Crippen LogP contribution is -2.25. The van der Waals surface area contributed by atoms with Crippen LogP contribution in [0.25, 0.3) is 0 Å². The van der Waals surface area contributed by atoms with Crippen LogP contribution in [0.1, 0.15) is 63.0 Å². The Hall–Kier alpha value is -0.480. The molecule has 1 aliphatic heterocycles. The van der Waals surface area contributed by atoms with Gasteiger partial charge in [0.2, 0.25) is 4.33 Å². The van der Waals surface area contributed by atoms with E-state index in [1.165, 1.54) is 12.0 Å². The standard InChI is InChI=1S/C18H23Cl3O3/c19-14-10-8-13(9-11-14)16-15(24-16)7-5-3-1-2-4-6-12-18(20,21)17(22)23/h8-11,15-16H,1-7,12H2,(H,22,23). The number of rotatable bonds is 11. The molecule has 0 aromatic heterocycles. The van der Waals surface area contributed by atoms with E-state index in [1.54, 1.807) is 0 Å². The molecule has 3 nitrogen and oxygen atoms in total. The van der Waals surface area contributed by atoms with E-state index in [0.29, 0.717) is 12.5 Å². The van der Waals surface area contributed by atoms with Crippen LogP contribution >= 0.6 is 34.8 Å². The second-order valence-corrected chi connectivity index (χ2v) is 8.24. The predicted molar refractivity (Wildman–Crippen MR) is 98.1 cm³/mol. The Morgan fingerprint density at radius 1 is 1.04 bits per heavy atom. The Kier molecular flexibility index (Phi) is 7.67. The van der Waals surface area contributed by atoms with Gasteiger partial charge in [-0.25, -0.2) is 4.79 Å². The van der Waals surface area contributed by atoms with Gasteiger partial charge in [0, 0.05) is 5.02 Å². The summed E-state index contributed by atoms with van der Waals surface area (Å²) in [6, 6.07) is 7.85. The largest absolute Gasteiger partial charge is 0.479 e. The lowest BCUT2D eigenvalue weighted by Gasteiger charge is -2.13. The molecule has 24 heavy (non-hydrogen) atoms. The summed E-state index contributed by atoms with van der Waals surface area (Å²) in [5.41, 5.74) is 1.20. The first-order valence-electron chi connectivity index (χ1n) is 8.42. The zero-order valence-electron chi connectivity index (χ0n) is 13.5. The van der Waals surface area contributed by atoms with Gasteiger partial charge in [-0.3, -0.25) is 0 Å². The summed E-state index contributed by atoms with van der Waals surface area (Å²) < 4.78 is 4.08. The number of carboxylic acids is 1. The topological polar surface area (TPSA) is 49.8 Å². The molecule has 1 saturated heterocycles. The minimum absolute atomic E-state index is 0.235. The molecule has 0 saturated carbocycles. The highest BCUT2D eigenvalue weighted by molar-refractivity contribution is 6.57. The Balaban J connectivity index is 1.47. The Morgan fingerprint density at radius 2 is 1.62 bits per heavy atom. The number of hydrogen-bond acceptors (Lipinski definition) is 2. The summed E-state index contributed by atoms with van der Waals surface area (Å²) in [5, 5.41) is 9.56. The number of epoxide rings is 1. The monoisotopic (exact) mass is 392 g/mol. The third-order valence-corrected chi connectivity index (χ3v) is 5.28. The van der Waals surface area contributed by atoms with Crippen LogP contribution in [0.15, 0.2) is 24.3 Å². The van der Waals surface area contributed by atoms with Crippen molar-refractivity contribution in [2.24, 2.45) is 0 Å². The average Bonchev–Trinajstić information content (AvgIpc) is 3.30. The van der Waals surface area contributed by atoms with Crippen molar-refractivity contribution in [1.82, 2.24) is 0 Å². The van der Waals surface area contributed by atoms with E-state index < -0.39 is 10.3 Å². The van der Waals surface area contributed by atoms with Gasteiger partial charge in [-0.1, -0.05) is 79.0 Å². The van der Waals surface area contributed by atoms with Crippen molar-refractivity contribution in [3.8, 4) is 0 Å². The highest BCUT2D eigenvalue weighted by Crippen LogP contribution is 2.41. The predicted octanol–water partition coefficient (Wildman–Crippen LogP) is 6.16. The van der Waals surface area contributed by atoms with Gasteiger partial charge in [-0.15, -0.1) is 0 Å². The molecule has 0 aliphatic carbocycles. The number of ether oxygens (including phenoxy) is 1. The van der Waals surface area contributed by atoms with Gasteiger partial charge in [0.05, 0.1) is 6.10 Å². The van der Waals surface area contributed by atoms with Crippen LogP contribution in [0, 0.1) is 0 Å². The van der Waals surface area contributed by atoms with Crippen LogP contribution in [0.5, 0.6) is 0 Å². The van der Waals surface area contributed by atoms with Gasteiger partial charge >= 0.3 is 5.97 Å². The molecule has 134 valence electrons. The SMILES string of the molecule is O=C(O)C(Cl)(Cl)CCCCCCCCC1OC1c1ccc(Cl)cc1. The fourth-order valence-electron chi connectivity index (χ4n) is 2.81. The van der Waals surface area contributed by atoms with Crippen LogP contribution in [-0.2, 0) is 9.53 Å². The summed E-state index contributed by atoms with van der Waals surface area (Å²) in [7, 11) is 0. The van der Waals surface area contributed by atoms with Gasteiger partial charge in [-0.05, 0) is 37.0 Å². The van der Waals surface area contributed by atoms with Crippen molar-refractivity contribution in [3.63, 3.8) is 0 Å². The van der Waals surface area contributed by atoms with E-state index in [1.807, 2.05) is 24.3 Å². The molecule has 0 amide bonds. The molecule has 2 atom stereocenters. The summed E-state index contributed by atoms with van der Waals surface area (Å²) in [6.45, 7) is 0. The van der Waals surface area contributed by atoms with E-state index in [9.17, 15) is 4.79 Å². The second-order valence-electron chi connectivity index (χ2n) is 6.32. The van der Waals surface area contributed by atoms with E-state index in [4.69, 9.17) is 44.6 Å². The van der Waals surface area contributed by atoms with Crippen LogP contribution in [0.2, 0.25) is 5.02 Å². The van der Waals surface area contributed by atoms with Crippen molar-refractivity contribution in [3.05, 3.63) is 34.9 Å². The number of unbranched alkanes of at least 4 members (excludes halogenated alkanes) is 5. The number of halogens is 3. The molecule has 1 heterocycles. The Morgan fingerprint density at radius 3 is 2.25 bits per heavy atom. The second kappa shape index (κ2) is 9.28. The molecule has 1 aliphatic rings. The van der Waals surface area contributed by atoms with Crippen molar-refractivity contribution < 1.29 is 14.6 Å². The minimum atomic E-state index is -1.64. The zero-order valence-corrected chi connectivity index (χ0v) is 15.8. The zero-order chi connectivity index (χ0) is 17.6. The smallest absolute Gasteiger partial charge is 0.340 e. The molecule has 1 N–H and O–H groups in total. The molecule has 0 bridgehead atoms. The Labute approximate surface area is 158 Å². The first-order valence-corrected chi connectivity index (χ1v) is 9.56. The maximum Gasteiger partial charge on any atom is 0.340 e. The molecule has 2 unspecified atom stereocenters. The van der Waals surface area contributed by atoms with Gasteiger partial charge in [-0.2, -0.15) is 0 Å². The number of carbonyl (C=O) groups is 1. The highest BCUT2D eigenvalue weighted by Gasteiger charge is 2.39. The fourth-order valence-corrected chi connectivity index (χ4v) is 3.21. The first kappa shape index (κ1) is 19.8. The van der Waals surface area contributed by atoms with Crippen LogP contribution in [0.3, 0.4) is 0 Å². The molecule has 1 fully saturated rings. The molecular formula is C18H23Cl3O3. The van der Waals surface area contributed by atoms with E-state index in [0.717, 1.165) is 43.5 Å². The van der Waals surface area contributed by atoms with Gasteiger partial charge in [0.1, 0.15) is 6.10 Å². The number of carboxylic acid groups (broad SMARTS) is 1. The summed E-state index contributed by atoms with van der Waals surface area (Å²) in [6.07, 6.45) is 8.19. The normalized spacial score (nSPS) is 20.1. The molecule has 0 radical (unpaired) electrons. The van der Waals surface area contributed by atoms with Gasteiger partial charge in [0.15, 0.2) is 0 Å². The summed E-state index contributed by atoms with van der Waals surface area (Å²) >= 11 is 17.3. The van der Waals surface area contributed by atoms with Crippen molar-refractivity contribution in [1.29, 1.82) is 0 Å². The quantitative estimate of drug-likeness (QED) is 0.278. The van der Waals surface area contributed by atoms with Crippen molar-refractivity contribution >= 4 is 40.8 Å². The molecule has 1 aromatic rings. The van der Waals surface area contributed by atoms with Gasteiger partial charge in [0.25, 0.3) is 0 Å². The van der Waals surface area contributed by atoms with Crippen LogP contribution in [-0.4, -0.2) is 21.5 Å². The third kappa shape index (κ3) is 6.44.